The van der Waals surface area contributed by atoms with Crippen LogP contribution < -0.4 is 10.1 Å². The van der Waals surface area contributed by atoms with E-state index in [0.29, 0.717) is 10.8 Å². The van der Waals surface area contributed by atoms with Gasteiger partial charge in [-0.2, -0.15) is 0 Å². The Balaban J connectivity index is 2.17. The normalized spacial score (nSPS) is 12.2. The zero-order valence-corrected chi connectivity index (χ0v) is 19.3. The van der Waals surface area contributed by atoms with E-state index in [0.717, 1.165) is 16.7 Å². The summed E-state index contributed by atoms with van der Waals surface area (Å²) in [5, 5.41) is 3.56. The summed E-state index contributed by atoms with van der Waals surface area (Å²) in [6.45, 7) is 11.6. The van der Waals surface area contributed by atoms with Crippen molar-refractivity contribution in [3.8, 4) is 5.75 Å². The fourth-order valence-electron chi connectivity index (χ4n) is 2.87. The van der Waals surface area contributed by atoms with Gasteiger partial charge in [0.25, 0.3) is 5.91 Å². The molecule has 0 aromatic heterocycles. The number of benzene rings is 2. The smallest absolute Gasteiger partial charge is 0.261 e. The van der Waals surface area contributed by atoms with Gasteiger partial charge < -0.3 is 15.0 Å². The highest BCUT2D eigenvalue weighted by Crippen LogP contribution is 2.18. The molecule has 0 radical (unpaired) electrons. The third-order valence-electron chi connectivity index (χ3n) is 4.77. The van der Waals surface area contributed by atoms with Crippen molar-refractivity contribution in [2.75, 3.05) is 6.61 Å². The van der Waals surface area contributed by atoms with Crippen LogP contribution in [0.2, 0.25) is 5.02 Å². The molecule has 2 aromatic rings. The predicted octanol–water partition coefficient (Wildman–Crippen LogP) is 4.67. The van der Waals surface area contributed by atoms with E-state index in [9.17, 15) is 9.59 Å². The molecule has 0 unspecified atom stereocenters. The zero-order chi connectivity index (χ0) is 22.5. The summed E-state index contributed by atoms with van der Waals surface area (Å²) >= 11 is 5.97. The highest BCUT2D eigenvalue weighted by atomic mass is 35.5. The van der Waals surface area contributed by atoms with E-state index >= 15 is 0 Å². The van der Waals surface area contributed by atoms with Crippen molar-refractivity contribution in [2.45, 2.75) is 59.7 Å². The molecule has 0 aliphatic carbocycles. The van der Waals surface area contributed by atoms with Crippen LogP contribution in [0.5, 0.6) is 5.75 Å². The lowest BCUT2D eigenvalue weighted by Gasteiger charge is -2.31. The number of nitrogens with one attached hydrogen (secondary N) is 1. The third-order valence-corrected chi connectivity index (χ3v) is 5.02. The maximum atomic E-state index is 13.0. The van der Waals surface area contributed by atoms with Crippen LogP contribution in [0.4, 0.5) is 0 Å². The minimum atomic E-state index is -0.657. The van der Waals surface area contributed by atoms with Crippen molar-refractivity contribution in [3.05, 3.63) is 64.2 Å². The molecule has 6 heteroatoms. The number of carbonyl (C=O) groups excluding carboxylic acids is 2. The van der Waals surface area contributed by atoms with Gasteiger partial charge in [-0.1, -0.05) is 29.8 Å². The second-order valence-corrected chi connectivity index (χ2v) is 9.03. The summed E-state index contributed by atoms with van der Waals surface area (Å²) in [5.74, 6) is 0.153. The number of hydrogen-bond acceptors (Lipinski definition) is 3. The average molecular weight is 431 g/mol. The Morgan fingerprint density at radius 3 is 2.27 bits per heavy atom. The Morgan fingerprint density at radius 1 is 1.07 bits per heavy atom. The first-order chi connectivity index (χ1) is 14.0. The van der Waals surface area contributed by atoms with E-state index in [1.807, 2.05) is 65.0 Å². The Hall–Kier alpha value is -2.53. The van der Waals surface area contributed by atoms with Crippen LogP contribution >= 0.6 is 11.6 Å². The van der Waals surface area contributed by atoms with Crippen LogP contribution in [-0.4, -0.2) is 34.9 Å². The maximum absolute atomic E-state index is 13.0. The number of hydrogen-bond donors (Lipinski definition) is 1. The van der Waals surface area contributed by atoms with E-state index in [2.05, 4.69) is 5.32 Å². The lowest BCUT2D eigenvalue weighted by Crippen LogP contribution is -2.53. The van der Waals surface area contributed by atoms with Gasteiger partial charge in [-0.25, -0.2) is 0 Å². The number of amides is 2. The quantitative estimate of drug-likeness (QED) is 0.694. The topological polar surface area (TPSA) is 58.6 Å². The van der Waals surface area contributed by atoms with E-state index in [-0.39, 0.29) is 25.0 Å². The molecule has 0 fully saturated rings. The van der Waals surface area contributed by atoms with E-state index in [1.165, 1.54) is 4.90 Å². The average Bonchev–Trinajstić information content (AvgIpc) is 2.66. The van der Waals surface area contributed by atoms with Crippen molar-refractivity contribution in [1.29, 1.82) is 0 Å². The Bertz CT molecular complexity index is 888. The molecule has 162 valence electrons. The SMILES string of the molecule is Cc1ccc(OCC(=O)N(Cc2ccc(Cl)cc2)[C@H](C)C(=O)NC(C)(C)C)cc1C. The molecule has 5 nitrogen and oxygen atoms in total. The zero-order valence-electron chi connectivity index (χ0n) is 18.6. The number of aryl methyl sites for hydroxylation is 2. The Morgan fingerprint density at radius 2 is 1.70 bits per heavy atom. The molecule has 0 spiro atoms. The number of rotatable bonds is 7. The molecule has 2 aromatic carbocycles. The summed E-state index contributed by atoms with van der Waals surface area (Å²) in [5.41, 5.74) is 2.74. The third kappa shape index (κ3) is 7.06. The van der Waals surface area contributed by atoms with E-state index in [1.54, 1.807) is 19.1 Å². The van der Waals surface area contributed by atoms with Gasteiger partial charge in [0.2, 0.25) is 5.91 Å². The molecular weight excluding hydrogens is 400 g/mol. The summed E-state index contributed by atoms with van der Waals surface area (Å²) in [7, 11) is 0. The molecule has 2 amide bonds. The maximum Gasteiger partial charge on any atom is 0.261 e. The largest absolute Gasteiger partial charge is 0.484 e. The van der Waals surface area contributed by atoms with Gasteiger partial charge in [-0.3, -0.25) is 9.59 Å². The monoisotopic (exact) mass is 430 g/mol. The van der Waals surface area contributed by atoms with Crippen LogP contribution in [0.15, 0.2) is 42.5 Å². The molecule has 0 saturated carbocycles. The second kappa shape index (κ2) is 9.98. The van der Waals surface area contributed by atoms with Gasteiger partial charge in [0.05, 0.1) is 0 Å². The van der Waals surface area contributed by atoms with Crippen LogP contribution in [0, 0.1) is 13.8 Å². The molecule has 0 bridgehead atoms. The van der Waals surface area contributed by atoms with E-state index in [4.69, 9.17) is 16.3 Å². The molecule has 0 saturated heterocycles. The lowest BCUT2D eigenvalue weighted by atomic mass is 10.1. The predicted molar refractivity (Wildman–Crippen MR) is 121 cm³/mol. The van der Waals surface area contributed by atoms with Crippen molar-refractivity contribution >= 4 is 23.4 Å². The van der Waals surface area contributed by atoms with Crippen LogP contribution in [0.3, 0.4) is 0 Å². The molecule has 0 aliphatic heterocycles. The first-order valence-corrected chi connectivity index (χ1v) is 10.4. The summed E-state index contributed by atoms with van der Waals surface area (Å²) in [4.78, 5) is 27.3. The molecule has 1 atom stereocenters. The van der Waals surface area contributed by atoms with Crippen molar-refractivity contribution < 1.29 is 14.3 Å². The summed E-state index contributed by atoms with van der Waals surface area (Å²) in [6.07, 6.45) is 0. The van der Waals surface area contributed by atoms with Crippen LogP contribution in [0.25, 0.3) is 0 Å². The Labute approximate surface area is 184 Å². The molecule has 2 rings (SSSR count). The van der Waals surface area contributed by atoms with Crippen molar-refractivity contribution in [1.82, 2.24) is 10.2 Å². The summed E-state index contributed by atoms with van der Waals surface area (Å²) in [6, 6.07) is 12.3. The second-order valence-electron chi connectivity index (χ2n) is 8.60. The molecule has 30 heavy (non-hydrogen) atoms. The highest BCUT2D eigenvalue weighted by Gasteiger charge is 2.28. The highest BCUT2D eigenvalue weighted by molar-refractivity contribution is 6.30. The number of carbonyl (C=O) groups is 2. The number of ether oxygens (including phenoxy) is 1. The molecule has 0 aliphatic rings. The van der Waals surface area contributed by atoms with Gasteiger partial charge >= 0.3 is 0 Å². The molecule has 1 N–H and O–H groups in total. The van der Waals surface area contributed by atoms with E-state index < -0.39 is 11.6 Å². The number of nitrogens with zero attached hydrogens (tertiary/aromatic N) is 1. The van der Waals surface area contributed by atoms with Crippen LogP contribution in [0.1, 0.15) is 44.4 Å². The fourth-order valence-corrected chi connectivity index (χ4v) is 3.00. The number of halogens is 1. The lowest BCUT2D eigenvalue weighted by molar-refractivity contribution is -0.142. The van der Waals surface area contributed by atoms with Gasteiger partial charge in [0.1, 0.15) is 11.8 Å². The van der Waals surface area contributed by atoms with Gasteiger partial charge in [-0.05, 0) is 82.5 Å². The minimum absolute atomic E-state index is 0.150. The Kier molecular flexibility index (Phi) is 7.90. The van der Waals surface area contributed by atoms with Gasteiger partial charge in [0, 0.05) is 17.1 Å². The minimum Gasteiger partial charge on any atom is -0.484 e. The molecular formula is C24H31ClN2O3. The molecule has 0 heterocycles. The van der Waals surface area contributed by atoms with Gasteiger partial charge in [0.15, 0.2) is 6.61 Å². The summed E-state index contributed by atoms with van der Waals surface area (Å²) < 4.78 is 5.73. The van der Waals surface area contributed by atoms with Crippen molar-refractivity contribution in [2.24, 2.45) is 0 Å². The van der Waals surface area contributed by atoms with Gasteiger partial charge in [-0.15, -0.1) is 0 Å². The van der Waals surface area contributed by atoms with Crippen molar-refractivity contribution in [3.63, 3.8) is 0 Å². The first kappa shape index (κ1) is 23.7. The first-order valence-electron chi connectivity index (χ1n) is 10.0. The van der Waals surface area contributed by atoms with Crippen LogP contribution in [-0.2, 0) is 16.1 Å². The standard InChI is InChI=1S/C24H31ClN2O3/c1-16-7-12-21(13-17(16)2)30-15-22(28)27(14-19-8-10-20(25)11-9-19)18(3)23(29)26-24(4,5)6/h7-13,18H,14-15H2,1-6H3,(H,26,29)/t18-/m1/s1. The fraction of sp³-hybridized carbons (Fsp3) is 0.417.